The first-order chi connectivity index (χ1) is 16.2. The number of thioether (sulfide) groups is 1. The van der Waals surface area contributed by atoms with Crippen molar-refractivity contribution in [3.63, 3.8) is 0 Å². The lowest BCUT2D eigenvalue weighted by Crippen LogP contribution is -2.33. The molecule has 1 atom stereocenters. The van der Waals surface area contributed by atoms with Gasteiger partial charge in [-0.05, 0) is 57.4 Å². The maximum absolute atomic E-state index is 12.9. The van der Waals surface area contributed by atoms with Crippen molar-refractivity contribution in [1.82, 2.24) is 20.1 Å². The number of aryl methyl sites for hydroxylation is 3. The molecule has 0 aliphatic heterocycles. The van der Waals surface area contributed by atoms with Crippen molar-refractivity contribution in [1.29, 1.82) is 0 Å². The van der Waals surface area contributed by atoms with Gasteiger partial charge in [0, 0.05) is 17.8 Å². The van der Waals surface area contributed by atoms with Gasteiger partial charge in [-0.2, -0.15) is 0 Å². The summed E-state index contributed by atoms with van der Waals surface area (Å²) in [5, 5.41) is 15.5. The first-order valence-electron chi connectivity index (χ1n) is 11.5. The Hall–Kier alpha value is -3.13. The number of carbonyl (C=O) groups excluding carboxylic acids is 2. The Balaban J connectivity index is 1.71. The number of nitrogens with one attached hydrogen (secondary N) is 2. The molecular weight excluding hydrogens is 446 g/mol. The molecule has 180 valence electrons. The van der Waals surface area contributed by atoms with E-state index in [1.54, 1.807) is 0 Å². The lowest BCUT2D eigenvalue weighted by molar-refractivity contribution is -0.113. The quantitative estimate of drug-likeness (QED) is 0.418. The summed E-state index contributed by atoms with van der Waals surface area (Å²) in [4.78, 5) is 25.4. The zero-order valence-corrected chi connectivity index (χ0v) is 21.5. The van der Waals surface area contributed by atoms with Crippen LogP contribution in [0.1, 0.15) is 59.7 Å². The van der Waals surface area contributed by atoms with Gasteiger partial charge in [-0.15, -0.1) is 10.2 Å². The van der Waals surface area contributed by atoms with Gasteiger partial charge in [0.1, 0.15) is 0 Å². The lowest BCUT2D eigenvalue weighted by Gasteiger charge is -2.22. The van der Waals surface area contributed by atoms with Gasteiger partial charge in [-0.1, -0.05) is 61.0 Å². The molecule has 34 heavy (non-hydrogen) atoms. The number of hydrogen-bond donors (Lipinski definition) is 2. The third kappa shape index (κ3) is 6.26. The maximum atomic E-state index is 12.9. The minimum Gasteiger partial charge on any atom is -0.342 e. The van der Waals surface area contributed by atoms with Crippen molar-refractivity contribution < 1.29 is 9.59 Å². The van der Waals surface area contributed by atoms with Crippen LogP contribution in [-0.4, -0.2) is 32.3 Å². The van der Waals surface area contributed by atoms with Crippen molar-refractivity contribution in [2.75, 3.05) is 11.1 Å². The van der Waals surface area contributed by atoms with Gasteiger partial charge in [0.15, 0.2) is 11.0 Å². The SMILES string of the molecule is CCn1c(SCC(=O)Nc2ccc(C)cc2C)nnc1[C@@H](NC(=O)c1ccc(C)cc1)C(C)C. The summed E-state index contributed by atoms with van der Waals surface area (Å²) in [6.45, 7) is 12.7. The molecule has 3 aromatic rings. The van der Waals surface area contributed by atoms with E-state index in [1.165, 1.54) is 11.8 Å². The Morgan fingerprint density at radius 2 is 1.68 bits per heavy atom. The first-order valence-corrected chi connectivity index (χ1v) is 12.5. The molecule has 3 rings (SSSR count). The summed E-state index contributed by atoms with van der Waals surface area (Å²) in [5.74, 6) is 0.765. The number of rotatable bonds is 9. The van der Waals surface area contributed by atoms with E-state index in [9.17, 15) is 9.59 Å². The van der Waals surface area contributed by atoms with Gasteiger partial charge in [-0.25, -0.2) is 0 Å². The molecule has 0 fully saturated rings. The fraction of sp³-hybridized carbons (Fsp3) is 0.385. The molecule has 0 saturated heterocycles. The monoisotopic (exact) mass is 479 g/mol. The molecule has 0 bridgehead atoms. The minimum atomic E-state index is -0.306. The van der Waals surface area contributed by atoms with E-state index in [4.69, 9.17) is 0 Å². The van der Waals surface area contributed by atoms with Crippen LogP contribution in [0.4, 0.5) is 5.69 Å². The van der Waals surface area contributed by atoms with Crippen molar-refractivity contribution in [2.24, 2.45) is 5.92 Å². The highest BCUT2D eigenvalue weighted by atomic mass is 32.2. The molecule has 2 aromatic carbocycles. The molecule has 7 nitrogen and oxygen atoms in total. The molecule has 1 heterocycles. The Kier molecular flexibility index (Phi) is 8.50. The van der Waals surface area contributed by atoms with E-state index < -0.39 is 0 Å². The Morgan fingerprint density at radius 1 is 1.00 bits per heavy atom. The molecule has 8 heteroatoms. The Labute approximate surface area is 205 Å². The van der Waals surface area contributed by atoms with Gasteiger partial charge in [0.05, 0.1) is 11.8 Å². The van der Waals surface area contributed by atoms with Crippen LogP contribution in [0.25, 0.3) is 0 Å². The van der Waals surface area contributed by atoms with Crippen molar-refractivity contribution in [3.05, 3.63) is 70.5 Å². The fourth-order valence-electron chi connectivity index (χ4n) is 3.66. The van der Waals surface area contributed by atoms with E-state index in [0.29, 0.717) is 23.1 Å². The average Bonchev–Trinajstić information content (AvgIpc) is 3.20. The summed E-state index contributed by atoms with van der Waals surface area (Å²) in [7, 11) is 0. The van der Waals surface area contributed by atoms with Crippen LogP contribution in [0, 0.1) is 26.7 Å². The third-order valence-corrected chi connectivity index (χ3v) is 6.56. The van der Waals surface area contributed by atoms with Crippen LogP contribution in [-0.2, 0) is 11.3 Å². The van der Waals surface area contributed by atoms with Crippen LogP contribution >= 0.6 is 11.8 Å². The molecule has 0 spiro atoms. The average molecular weight is 480 g/mol. The summed E-state index contributed by atoms with van der Waals surface area (Å²) < 4.78 is 1.97. The molecule has 0 unspecified atom stereocenters. The van der Waals surface area contributed by atoms with Crippen LogP contribution < -0.4 is 10.6 Å². The summed E-state index contributed by atoms with van der Waals surface area (Å²) in [5.41, 5.74) is 4.71. The molecule has 0 aliphatic rings. The number of carbonyl (C=O) groups is 2. The maximum Gasteiger partial charge on any atom is 0.251 e. The number of hydrogen-bond acceptors (Lipinski definition) is 5. The second-order valence-electron chi connectivity index (χ2n) is 8.80. The van der Waals surface area contributed by atoms with Crippen LogP contribution in [0.5, 0.6) is 0 Å². The molecular formula is C26H33N5O2S. The topological polar surface area (TPSA) is 88.9 Å². The lowest BCUT2D eigenvalue weighted by atomic mass is 10.0. The Bertz CT molecular complexity index is 1150. The predicted octanol–water partition coefficient (Wildman–Crippen LogP) is 5.08. The van der Waals surface area contributed by atoms with Crippen molar-refractivity contribution in [2.45, 2.75) is 59.3 Å². The molecule has 0 aliphatic carbocycles. The van der Waals surface area contributed by atoms with E-state index in [-0.39, 0.29) is 29.5 Å². The van der Waals surface area contributed by atoms with E-state index in [1.807, 2.05) is 88.6 Å². The van der Waals surface area contributed by atoms with E-state index in [2.05, 4.69) is 20.8 Å². The largest absolute Gasteiger partial charge is 0.342 e. The van der Waals surface area contributed by atoms with Gasteiger partial charge < -0.3 is 15.2 Å². The summed E-state index contributed by atoms with van der Waals surface area (Å²) in [6, 6.07) is 13.1. The second-order valence-corrected chi connectivity index (χ2v) is 9.74. The molecule has 1 aromatic heterocycles. The number of anilines is 1. The number of amides is 2. The zero-order chi connectivity index (χ0) is 24.8. The Morgan fingerprint density at radius 3 is 2.29 bits per heavy atom. The van der Waals surface area contributed by atoms with Crippen LogP contribution in [0.2, 0.25) is 0 Å². The number of nitrogens with zero attached hydrogens (tertiary/aromatic N) is 3. The van der Waals surface area contributed by atoms with Gasteiger partial charge in [-0.3, -0.25) is 9.59 Å². The smallest absolute Gasteiger partial charge is 0.251 e. The second kappa shape index (κ2) is 11.3. The zero-order valence-electron chi connectivity index (χ0n) is 20.7. The highest BCUT2D eigenvalue weighted by Gasteiger charge is 2.26. The molecule has 0 radical (unpaired) electrons. The van der Waals surface area contributed by atoms with E-state index >= 15 is 0 Å². The first kappa shape index (κ1) is 25.5. The highest BCUT2D eigenvalue weighted by molar-refractivity contribution is 7.99. The predicted molar refractivity (Wildman–Crippen MR) is 137 cm³/mol. The van der Waals surface area contributed by atoms with Crippen molar-refractivity contribution >= 4 is 29.3 Å². The molecule has 2 amide bonds. The van der Waals surface area contributed by atoms with Crippen LogP contribution in [0.3, 0.4) is 0 Å². The number of aromatic nitrogens is 3. The van der Waals surface area contributed by atoms with Gasteiger partial charge in [0.25, 0.3) is 5.91 Å². The standard InChI is InChI=1S/C26H33N5O2S/c1-7-31-24(23(16(2)3)28-25(33)20-11-8-17(4)9-12-20)29-30-26(31)34-15-22(32)27-21-13-10-18(5)14-19(21)6/h8-14,16,23H,7,15H2,1-6H3,(H,27,32)(H,28,33)/t23-/m0/s1. The summed E-state index contributed by atoms with van der Waals surface area (Å²) >= 11 is 1.34. The fourth-order valence-corrected chi connectivity index (χ4v) is 4.47. The molecule has 2 N–H and O–H groups in total. The minimum absolute atomic E-state index is 0.0998. The van der Waals surface area contributed by atoms with Gasteiger partial charge >= 0.3 is 0 Å². The number of benzene rings is 2. The normalized spacial score (nSPS) is 12.0. The summed E-state index contributed by atoms with van der Waals surface area (Å²) in [6.07, 6.45) is 0. The van der Waals surface area contributed by atoms with Crippen molar-refractivity contribution in [3.8, 4) is 0 Å². The van der Waals surface area contributed by atoms with Crippen LogP contribution in [0.15, 0.2) is 47.6 Å². The highest BCUT2D eigenvalue weighted by Crippen LogP contribution is 2.26. The molecule has 0 saturated carbocycles. The third-order valence-electron chi connectivity index (χ3n) is 5.60. The van der Waals surface area contributed by atoms with E-state index in [0.717, 1.165) is 22.4 Å². The van der Waals surface area contributed by atoms with Gasteiger partial charge in [0.2, 0.25) is 5.91 Å².